The smallest absolute Gasteiger partial charge is 0.218 e. The van der Waals surface area contributed by atoms with Crippen molar-refractivity contribution in [1.82, 2.24) is 19.9 Å². The van der Waals surface area contributed by atoms with Crippen LogP contribution in [0, 0.1) is 0 Å². The van der Waals surface area contributed by atoms with Gasteiger partial charge in [0.15, 0.2) is 5.82 Å². The Labute approximate surface area is 153 Å². The molecule has 2 aromatic rings. The average Bonchev–Trinajstić information content (AvgIpc) is 3.15. The molecule has 2 aromatic heterocycles. The molecule has 0 bridgehead atoms. The van der Waals surface area contributed by atoms with Crippen molar-refractivity contribution in [2.75, 3.05) is 49.9 Å². The summed E-state index contributed by atoms with van der Waals surface area (Å²) in [6.45, 7) is 2.08. The fourth-order valence-electron chi connectivity index (χ4n) is 3.07. The third-order valence-electron chi connectivity index (χ3n) is 4.33. The third-order valence-corrected chi connectivity index (χ3v) is 4.33. The molecule has 1 fully saturated rings. The zero-order chi connectivity index (χ0) is 18.4. The molecule has 0 amide bonds. The molecule has 9 nitrogen and oxygen atoms in total. The molecule has 1 unspecified atom stereocenters. The van der Waals surface area contributed by atoms with Gasteiger partial charge in [-0.15, -0.1) is 0 Å². The summed E-state index contributed by atoms with van der Waals surface area (Å²) >= 11 is 0. The molecule has 1 saturated heterocycles. The first-order valence-corrected chi connectivity index (χ1v) is 8.64. The van der Waals surface area contributed by atoms with E-state index in [2.05, 4.69) is 35.5 Å². The van der Waals surface area contributed by atoms with Gasteiger partial charge in [0.25, 0.3) is 0 Å². The molecule has 0 saturated carbocycles. The topological polar surface area (TPSA) is 97.3 Å². The fraction of sp³-hybridized carbons (Fsp3) is 0.529. The Bertz CT molecular complexity index is 728. The van der Waals surface area contributed by atoms with E-state index in [1.54, 1.807) is 26.6 Å². The van der Waals surface area contributed by atoms with Crippen molar-refractivity contribution in [2.24, 2.45) is 0 Å². The highest BCUT2D eigenvalue weighted by Crippen LogP contribution is 2.25. The van der Waals surface area contributed by atoms with Crippen molar-refractivity contribution in [3.8, 4) is 5.88 Å². The minimum Gasteiger partial charge on any atom is -0.481 e. The number of rotatable bonds is 8. The molecule has 1 atom stereocenters. The van der Waals surface area contributed by atoms with Crippen LogP contribution >= 0.6 is 0 Å². The van der Waals surface area contributed by atoms with E-state index >= 15 is 0 Å². The maximum Gasteiger partial charge on any atom is 0.218 e. The lowest BCUT2D eigenvalue weighted by Gasteiger charge is -2.26. The van der Waals surface area contributed by atoms with Crippen LogP contribution in [0.25, 0.3) is 0 Å². The summed E-state index contributed by atoms with van der Waals surface area (Å²) in [5.74, 6) is 3.60. The zero-order valence-corrected chi connectivity index (χ0v) is 15.4. The Kier molecular flexibility index (Phi) is 6.00. The quantitative estimate of drug-likeness (QED) is 0.727. The van der Waals surface area contributed by atoms with Crippen LogP contribution in [0.5, 0.6) is 5.88 Å². The second-order valence-electron chi connectivity index (χ2n) is 6.03. The van der Waals surface area contributed by atoms with E-state index in [-0.39, 0.29) is 0 Å². The maximum absolute atomic E-state index is 5.25. The lowest BCUT2D eigenvalue weighted by atomic mass is 10.2. The Hall–Kier alpha value is -2.68. The molecule has 2 N–H and O–H groups in total. The first-order chi connectivity index (χ1) is 12.7. The summed E-state index contributed by atoms with van der Waals surface area (Å²) in [6, 6.07) is 4.10. The Balaban J connectivity index is 1.69. The first-order valence-electron chi connectivity index (χ1n) is 8.64. The summed E-state index contributed by atoms with van der Waals surface area (Å²) in [5, 5.41) is 6.46. The van der Waals surface area contributed by atoms with Gasteiger partial charge in [-0.1, -0.05) is 0 Å². The van der Waals surface area contributed by atoms with Crippen molar-refractivity contribution in [2.45, 2.75) is 25.5 Å². The highest BCUT2D eigenvalue weighted by atomic mass is 16.5. The maximum atomic E-state index is 5.25. The van der Waals surface area contributed by atoms with Gasteiger partial charge in [-0.2, -0.15) is 4.98 Å². The van der Waals surface area contributed by atoms with Crippen molar-refractivity contribution in [3.63, 3.8) is 0 Å². The molecular formula is C17H25N7O2. The standard InChI is InChI=1S/C17H25N7O2/c1-18-13-7-16(21-11-20-13)24-6-4-5-12(24)9-19-14-8-17(26-3)23-15(22-14)10-25-2/h7-8,11-12H,4-6,9-10H2,1-3H3,(H,18,20,21)(H,19,22,23). The summed E-state index contributed by atoms with van der Waals surface area (Å²) in [7, 11) is 5.07. The number of methoxy groups -OCH3 is 2. The van der Waals surface area contributed by atoms with Crippen LogP contribution in [0.2, 0.25) is 0 Å². The van der Waals surface area contributed by atoms with Crippen molar-refractivity contribution in [1.29, 1.82) is 0 Å². The minimum absolute atomic E-state index is 0.335. The van der Waals surface area contributed by atoms with E-state index in [1.807, 2.05) is 13.1 Å². The molecule has 0 aromatic carbocycles. The normalized spacial score (nSPS) is 16.6. The van der Waals surface area contributed by atoms with Crippen LogP contribution in [0.15, 0.2) is 18.5 Å². The fourth-order valence-corrected chi connectivity index (χ4v) is 3.07. The number of hydrogen-bond acceptors (Lipinski definition) is 9. The molecular weight excluding hydrogens is 334 g/mol. The Morgan fingerprint density at radius 1 is 1.19 bits per heavy atom. The van der Waals surface area contributed by atoms with Crippen LogP contribution in [0.3, 0.4) is 0 Å². The number of nitrogens with zero attached hydrogens (tertiary/aromatic N) is 5. The van der Waals surface area contributed by atoms with Crippen LogP contribution in [-0.4, -0.2) is 60.3 Å². The van der Waals surface area contributed by atoms with E-state index in [0.717, 1.165) is 43.4 Å². The van der Waals surface area contributed by atoms with Crippen LogP contribution < -0.4 is 20.3 Å². The number of anilines is 3. The van der Waals surface area contributed by atoms with Gasteiger partial charge < -0.3 is 25.0 Å². The molecule has 140 valence electrons. The predicted molar refractivity (Wildman–Crippen MR) is 99.7 cm³/mol. The van der Waals surface area contributed by atoms with Gasteiger partial charge in [0.2, 0.25) is 5.88 Å². The predicted octanol–water partition coefficient (Wildman–Crippen LogP) is 1.54. The number of ether oxygens (including phenoxy) is 2. The highest BCUT2D eigenvalue weighted by molar-refractivity contribution is 5.50. The molecule has 26 heavy (non-hydrogen) atoms. The molecule has 1 aliphatic rings. The molecule has 9 heteroatoms. The van der Waals surface area contributed by atoms with Crippen molar-refractivity contribution in [3.05, 3.63) is 24.3 Å². The molecule has 0 spiro atoms. The SMILES string of the molecule is CNc1cc(N2CCCC2CNc2cc(OC)nc(COC)n2)ncn1. The molecule has 0 aliphatic carbocycles. The van der Waals surface area contributed by atoms with E-state index in [0.29, 0.717) is 24.4 Å². The number of nitrogens with one attached hydrogen (secondary N) is 2. The monoisotopic (exact) mass is 359 g/mol. The lowest BCUT2D eigenvalue weighted by Crippen LogP contribution is -2.35. The van der Waals surface area contributed by atoms with Gasteiger partial charge in [-0.3, -0.25) is 0 Å². The average molecular weight is 359 g/mol. The third kappa shape index (κ3) is 4.29. The number of hydrogen-bond donors (Lipinski definition) is 2. The molecule has 1 aliphatic heterocycles. The summed E-state index contributed by atoms with van der Waals surface area (Å²) in [4.78, 5) is 19.7. The van der Waals surface area contributed by atoms with Gasteiger partial charge >= 0.3 is 0 Å². The van der Waals surface area contributed by atoms with E-state index in [1.165, 1.54) is 0 Å². The van der Waals surface area contributed by atoms with Gasteiger partial charge in [0.1, 0.15) is 30.4 Å². The Morgan fingerprint density at radius 3 is 2.85 bits per heavy atom. The highest BCUT2D eigenvalue weighted by Gasteiger charge is 2.26. The van der Waals surface area contributed by atoms with E-state index in [9.17, 15) is 0 Å². The van der Waals surface area contributed by atoms with Gasteiger partial charge in [-0.05, 0) is 12.8 Å². The van der Waals surface area contributed by atoms with Crippen LogP contribution in [0.1, 0.15) is 18.7 Å². The second-order valence-corrected chi connectivity index (χ2v) is 6.03. The molecule has 3 heterocycles. The lowest BCUT2D eigenvalue weighted by molar-refractivity contribution is 0.177. The van der Waals surface area contributed by atoms with Crippen LogP contribution in [0.4, 0.5) is 17.5 Å². The summed E-state index contributed by atoms with van der Waals surface area (Å²) < 4.78 is 10.4. The largest absolute Gasteiger partial charge is 0.481 e. The van der Waals surface area contributed by atoms with Gasteiger partial charge in [0, 0.05) is 45.4 Å². The van der Waals surface area contributed by atoms with Crippen molar-refractivity contribution >= 4 is 17.5 Å². The minimum atomic E-state index is 0.335. The van der Waals surface area contributed by atoms with Crippen molar-refractivity contribution < 1.29 is 9.47 Å². The van der Waals surface area contributed by atoms with Gasteiger partial charge in [-0.25, -0.2) is 15.0 Å². The zero-order valence-electron chi connectivity index (χ0n) is 15.4. The summed E-state index contributed by atoms with van der Waals surface area (Å²) in [6.07, 6.45) is 3.82. The van der Waals surface area contributed by atoms with E-state index in [4.69, 9.17) is 9.47 Å². The molecule has 3 rings (SSSR count). The summed E-state index contributed by atoms with van der Waals surface area (Å²) in [5.41, 5.74) is 0. The first kappa shape index (κ1) is 18.1. The second kappa shape index (κ2) is 8.61. The van der Waals surface area contributed by atoms with E-state index < -0.39 is 0 Å². The van der Waals surface area contributed by atoms with Gasteiger partial charge in [0.05, 0.1) is 7.11 Å². The molecule has 0 radical (unpaired) electrons. The number of aromatic nitrogens is 4. The van der Waals surface area contributed by atoms with Crippen LogP contribution in [-0.2, 0) is 11.3 Å². The Morgan fingerprint density at radius 2 is 2.08 bits per heavy atom.